The molecule has 1 saturated heterocycles. The minimum atomic E-state index is -0.847. The van der Waals surface area contributed by atoms with E-state index in [1.165, 1.54) is 0 Å². The van der Waals surface area contributed by atoms with E-state index in [2.05, 4.69) is 5.32 Å². The monoisotopic (exact) mass is 135 g/mol. The molecule has 1 N–H and O–H groups in total. The SMILES string of the molecule is CPC1(F)CCNC1. The molecular weight excluding hydrogens is 124 g/mol. The van der Waals surface area contributed by atoms with E-state index in [1.54, 1.807) is 0 Å². The number of nitrogens with one attached hydrogen (secondary N) is 1. The van der Waals surface area contributed by atoms with E-state index in [1.807, 2.05) is 6.66 Å². The van der Waals surface area contributed by atoms with Gasteiger partial charge in [0.1, 0.15) is 5.41 Å². The molecule has 3 heteroatoms. The largest absolute Gasteiger partial charge is 0.313 e. The topological polar surface area (TPSA) is 12.0 Å². The van der Waals surface area contributed by atoms with Crippen molar-refractivity contribution < 1.29 is 4.39 Å². The normalized spacial score (nSPS) is 39.8. The summed E-state index contributed by atoms with van der Waals surface area (Å²) in [5, 5.41) is 2.15. The quantitative estimate of drug-likeness (QED) is 0.528. The molecule has 0 aliphatic carbocycles. The third-order valence-electron chi connectivity index (χ3n) is 1.55. The Labute approximate surface area is 50.8 Å². The van der Waals surface area contributed by atoms with E-state index in [9.17, 15) is 4.39 Å². The lowest BCUT2D eigenvalue weighted by atomic mass is 10.3. The van der Waals surface area contributed by atoms with Crippen molar-refractivity contribution in [2.24, 2.45) is 0 Å². The summed E-state index contributed by atoms with van der Waals surface area (Å²) in [6.45, 7) is 3.35. The third-order valence-corrected chi connectivity index (χ3v) is 2.87. The number of halogens is 1. The van der Waals surface area contributed by atoms with Crippen LogP contribution < -0.4 is 5.32 Å². The fourth-order valence-corrected chi connectivity index (χ4v) is 1.55. The van der Waals surface area contributed by atoms with Crippen molar-refractivity contribution in [1.82, 2.24) is 5.32 Å². The van der Waals surface area contributed by atoms with E-state index in [-0.39, 0.29) is 0 Å². The molecule has 2 atom stereocenters. The van der Waals surface area contributed by atoms with Crippen LogP contribution in [0.2, 0.25) is 0 Å². The summed E-state index contributed by atoms with van der Waals surface area (Å²) in [7, 11) is 0.435. The van der Waals surface area contributed by atoms with E-state index >= 15 is 0 Å². The van der Waals surface area contributed by atoms with Gasteiger partial charge in [-0.05, 0) is 19.6 Å². The van der Waals surface area contributed by atoms with Crippen molar-refractivity contribution in [2.75, 3.05) is 19.8 Å². The highest BCUT2D eigenvalue weighted by Crippen LogP contribution is 2.35. The minimum Gasteiger partial charge on any atom is -0.313 e. The van der Waals surface area contributed by atoms with Crippen LogP contribution in [-0.4, -0.2) is 25.2 Å². The predicted octanol–water partition coefficient (Wildman–Crippen LogP) is 0.954. The third kappa shape index (κ3) is 1.18. The summed E-state index contributed by atoms with van der Waals surface area (Å²) >= 11 is 0. The first-order valence-corrected chi connectivity index (χ1v) is 4.35. The lowest BCUT2D eigenvalue weighted by Gasteiger charge is -2.13. The fourth-order valence-electron chi connectivity index (χ4n) is 0.875. The standard InChI is InChI=1S/C5H11FNP/c1-8-5(6)2-3-7-4-5/h7-8H,2-4H2,1H3. The van der Waals surface area contributed by atoms with Gasteiger partial charge in [0.25, 0.3) is 0 Å². The van der Waals surface area contributed by atoms with Gasteiger partial charge < -0.3 is 5.32 Å². The summed E-state index contributed by atoms with van der Waals surface area (Å²) < 4.78 is 13.0. The van der Waals surface area contributed by atoms with Crippen LogP contribution in [-0.2, 0) is 0 Å². The van der Waals surface area contributed by atoms with Crippen LogP contribution in [0.15, 0.2) is 0 Å². The zero-order valence-corrected chi connectivity index (χ0v) is 6.00. The van der Waals surface area contributed by atoms with Crippen LogP contribution in [0.4, 0.5) is 4.39 Å². The molecule has 0 bridgehead atoms. The van der Waals surface area contributed by atoms with Crippen molar-refractivity contribution >= 4 is 8.58 Å². The number of alkyl halides is 1. The molecule has 1 nitrogen and oxygen atoms in total. The first-order valence-electron chi connectivity index (χ1n) is 2.85. The molecule has 0 aromatic heterocycles. The van der Waals surface area contributed by atoms with E-state index in [4.69, 9.17) is 0 Å². The molecule has 1 rings (SSSR count). The fraction of sp³-hybridized carbons (Fsp3) is 1.00. The van der Waals surface area contributed by atoms with Gasteiger partial charge in [-0.3, -0.25) is 0 Å². The lowest BCUT2D eigenvalue weighted by molar-refractivity contribution is 0.312. The smallest absolute Gasteiger partial charge is 0.139 e. The Morgan fingerprint density at radius 3 is 2.75 bits per heavy atom. The Morgan fingerprint density at radius 1 is 1.75 bits per heavy atom. The van der Waals surface area contributed by atoms with E-state index in [0.717, 1.165) is 6.54 Å². The number of rotatable bonds is 1. The summed E-state index contributed by atoms with van der Waals surface area (Å²) in [5.41, 5.74) is 0. The summed E-state index contributed by atoms with van der Waals surface area (Å²) in [6, 6.07) is 0. The molecule has 1 aliphatic heterocycles. The van der Waals surface area contributed by atoms with Gasteiger partial charge in [-0.1, -0.05) is 8.58 Å². The zero-order chi connectivity index (χ0) is 6.04. The van der Waals surface area contributed by atoms with Crippen molar-refractivity contribution in [3.8, 4) is 0 Å². The second kappa shape index (κ2) is 2.28. The maximum atomic E-state index is 13.0. The molecule has 1 heterocycles. The van der Waals surface area contributed by atoms with Gasteiger partial charge in [-0.25, -0.2) is 4.39 Å². The Hall–Kier alpha value is 0.320. The zero-order valence-electron chi connectivity index (χ0n) is 5.00. The second-order valence-electron chi connectivity index (χ2n) is 2.14. The van der Waals surface area contributed by atoms with Crippen molar-refractivity contribution in [1.29, 1.82) is 0 Å². The summed E-state index contributed by atoms with van der Waals surface area (Å²) in [4.78, 5) is 0. The molecule has 0 aromatic rings. The molecule has 8 heavy (non-hydrogen) atoms. The molecule has 48 valence electrons. The van der Waals surface area contributed by atoms with Gasteiger partial charge in [-0.2, -0.15) is 0 Å². The first kappa shape index (κ1) is 6.44. The van der Waals surface area contributed by atoms with Crippen LogP contribution in [0.3, 0.4) is 0 Å². The van der Waals surface area contributed by atoms with Crippen LogP contribution in [0.1, 0.15) is 6.42 Å². The maximum absolute atomic E-state index is 13.0. The average Bonchev–Trinajstić information content (AvgIpc) is 2.17. The molecule has 1 fully saturated rings. The van der Waals surface area contributed by atoms with Gasteiger partial charge in [-0.15, -0.1) is 0 Å². The van der Waals surface area contributed by atoms with Gasteiger partial charge >= 0.3 is 0 Å². The van der Waals surface area contributed by atoms with Crippen molar-refractivity contribution in [3.63, 3.8) is 0 Å². The molecule has 1 aliphatic rings. The van der Waals surface area contributed by atoms with Crippen LogP contribution in [0.5, 0.6) is 0 Å². The summed E-state index contributed by atoms with van der Waals surface area (Å²) in [5.74, 6) is 0. The van der Waals surface area contributed by atoms with Crippen LogP contribution in [0.25, 0.3) is 0 Å². The Balaban J connectivity index is 2.40. The van der Waals surface area contributed by atoms with Gasteiger partial charge in [0.05, 0.1) is 0 Å². The second-order valence-corrected chi connectivity index (χ2v) is 3.54. The van der Waals surface area contributed by atoms with Gasteiger partial charge in [0, 0.05) is 6.54 Å². The van der Waals surface area contributed by atoms with Gasteiger partial charge in [0.15, 0.2) is 0 Å². The molecule has 0 saturated carbocycles. The number of hydrogen-bond donors (Lipinski definition) is 1. The highest BCUT2D eigenvalue weighted by atomic mass is 31.1. The first-order chi connectivity index (χ1) is 3.77. The molecule has 0 spiro atoms. The summed E-state index contributed by atoms with van der Waals surface area (Å²) in [6.07, 6.45) is 0.710. The Bertz CT molecular complexity index is 80.5. The average molecular weight is 135 g/mol. The maximum Gasteiger partial charge on any atom is 0.139 e. The highest BCUT2D eigenvalue weighted by Gasteiger charge is 2.30. The highest BCUT2D eigenvalue weighted by molar-refractivity contribution is 7.38. The Morgan fingerprint density at radius 2 is 2.50 bits per heavy atom. The molecule has 0 radical (unpaired) electrons. The molecular formula is C5H11FNP. The van der Waals surface area contributed by atoms with E-state index < -0.39 is 5.41 Å². The molecule has 2 unspecified atom stereocenters. The number of hydrogen-bond acceptors (Lipinski definition) is 1. The predicted molar refractivity (Wildman–Crippen MR) is 35.6 cm³/mol. The molecule has 0 aromatic carbocycles. The van der Waals surface area contributed by atoms with Crippen LogP contribution >= 0.6 is 8.58 Å². The van der Waals surface area contributed by atoms with Crippen molar-refractivity contribution in [3.05, 3.63) is 0 Å². The molecule has 0 amide bonds. The van der Waals surface area contributed by atoms with Crippen LogP contribution in [0, 0.1) is 0 Å². The minimum absolute atomic E-state index is 0.435. The lowest BCUT2D eigenvalue weighted by Crippen LogP contribution is -2.19. The van der Waals surface area contributed by atoms with Gasteiger partial charge in [0.2, 0.25) is 0 Å². The Kier molecular flexibility index (Phi) is 1.84. The van der Waals surface area contributed by atoms with Crippen molar-refractivity contribution in [2.45, 2.75) is 11.8 Å². The van der Waals surface area contributed by atoms with E-state index in [0.29, 0.717) is 21.5 Å².